The van der Waals surface area contributed by atoms with Crippen LogP contribution in [0.25, 0.3) is 0 Å². The van der Waals surface area contributed by atoms with Gasteiger partial charge >= 0.3 is 0 Å². The van der Waals surface area contributed by atoms with Crippen molar-refractivity contribution in [3.63, 3.8) is 0 Å². The molecular weight excluding hydrogens is 336 g/mol. The Labute approximate surface area is 150 Å². The van der Waals surface area contributed by atoms with E-state index in [4.69, 9.17) is 4.74 Å². The molecule has 6 heteroatoms. The molecule has 0 saturated heterocycles. The fourth-order valence-corrected chi connectivity index (χ4v) is 3.92. The molecule has 0 aromatic heterocycles. The summed E-state index contributed by atoms with van der Waals surface area (Å²) < 4.78 is 33.3. The van der Waals surface area contributed by atoms with E-state index >= 15 is 0 Å². The Morgan fingerprint density at radius 3 is 2.24 bits per heavy atom. The molecule has 0 saturated carbocycles. The molecule has 25 heavy (non-hydrogen) atoms. The molecule has 0 aliphatic rings. The van der Waals surface area contributed by atoms with Crippen molar-refractivity contribution < 1.29 is 13.2 Å². The summed E-state index contributed by atoms with van der Waals surface area (Å²) in [6, 6.07) is 10.6. The lowest BCUT2D eigenvalue weighted by atomic mass is 10.1. The number of hydrogen-bond acceptors (Lipinski definition) is 4. The maximum absolute atomic E-state index is 12.7. The first kappa shape index (κ1) is 19.1. The zero-order valence-corrected chi connectivity index (χ0v) is 16.0. The predicted molar refractivity (Wildman–Crippen MR) is 103 cm³/mol. The number of sulfonamides is 1. The van der Waals surface area contributed by atoms with Crippen molar-refractivity contribution in [1.29, 1.82) is 0 Å². The molecule has 2 N–H and O–H groups in total. The average Bonchev–Trinajstić information content (AvgIpc) is 2.58. The first-order chi connectivity index (χ1) is 11.9. The van der Waals surface area contributed by atoms with E-state index in [1.807, 2.05) is 19.1 Å². The Morgan fingerprint density at radius 1 is 1.00 bits per heavy atom. The first-order valence-corrected chi connectivity index (χ1v) is 9.87. The second-order valence-corrected chi connectivity index (χ2v) is 7.70. The maximum atomic E-state index is 12.7. The van der Waals surface area contributed by atoms with Crippen molar-refractivity contribution >= 4 is 21.4 Å². The predicted octanol–water partition coefficient (Wildman–Crippen LogP) is 4.32. The average molecular weight is 362 g/mol. The van der Waals surface area contributed by atoms with Crippen LogP contribution in [0.2, 0.25) is 0 Å². The number of rotatable bonds is 8. The van der Waals surface area contributed by atoms with Gasteiger partial charge in [0.1, 0.15) is 5.75 Å². The van der Waals surface area contributed by atoms with Crippen molar-refractivity contribution in [3.8, 4) is 5.75 Å². The summed E-state index contributed by atoms with van der Waals surface area (Å²) in [5.41, 5.74) is 2.94. The van der Waals surface area contributed by atoms with Gasteiger partial charge in [-0.2, -0.15) is 0 Å². The minimum absolute atomic E-state index is 0.260. The summed E-state index contributed by atoms with van der Waals surface area (Å²) in [7, 11) is -2.08. The van der Waals surface area contributed by atoms with Gasteiger partial charge in [0.05, 0.1) is 12.0 Å². The summed E-state index contributed by atoms with van der Waals surface area (Å²) in [5, 5.41) is 3.31. The molecule has 0 amide bonds. The van der Waals surface area contributed by atoms with E-state index in [-0.39, 0.29) is 4.90 Å². The van der Waals surface area contributed by atoms with Crippen molar-refractivity contribution in [2.24, 2.45) is 0 Å². The highest BCUT2D eigenvalue weighted by molar-refractivity contribution is 7.92. The molecule has 0 aliphatic carbocycles. The Bertz CT molecular complexity index is 815. The summed E-state index contributed by atoms with van der Waals surface area (Å²) in [6.07, 6.45) is 2.23. The number of methoxy groups -OCH3 is 1. The second kappa shape index (κ2) is 8.25. The number of ether oxygens (including phenoxy) is 1. The van der Waals surface area contributed by atoms with E-state index in [2.05, 4.69) is 17.0 Å². The maximum Gasteiger partial charge on any atom is 0.262 e. The summed E-state index contributed by atoms with van der Waals surface area (Å²) in [4.78, 5) is 0.260. The van der Waals surface area contributed by atoms with Crippen LogP contribution in [-0.4, -0.2) is 22.1 Å². The Balaban J connectivity index is 2.17. The zero-order valence-electron chi connectivity index (χ0n) is 15.2. The van der Waals surface area contributed by atoms with E-state index in [9.17, 15) is 8.42 Å². The van der Waals surface area contributed by atoms with Gasteiger partial charge in [-0.1, -0.05) is 13.3 Å². The first-order valence-electron chi connectivity index (χ1n) is 8.39. The Kier molecular flexibility index (Phi) is 6.31. The van der Waals surface area contributed by atoms with Gasteiger partial charge in [-0.3, -0.25) is 4.72 Å². The molecular formula is C19H26N2O3S. The molecule has 2 aromatic carbocycles. The molecule has 0 spiro atoms. The van der Waals surface area contributed by atoms with Crippen molar-refractivity contribution in [2.45, 2.75) is 38.5 Å². The van der Waals surface area contributed by atoms with Crippen molar-refractivity contribution in [3.05, 3.63) is 47.5 Å². The summed E-state index contributed by atoms with van der Waals surface area (Å²) in [6.45, 7) is 6.64. The summed E-state index contributed by atoms with van der Waals surface area (Å²) in [5.74, 6) is 0.680. The molecule has 0 radical (unpaired) electrons. The van der Waals surface area contributed by atoms with Crippen LogP contribution in [0.1, 0.15) is 30.9 Å². The third-order valence-corrected chi connectivity index (χ3v) is 5.50. The molecule has 0 atom stereocenters. The molecule has 2 aromatic rings. The van der Waals surface area contributed by atoms with E-state index in [0.29, 0.717) is 17.0 Å². The fourth-order valence-electron chi connectivity index (χ4n) is 2.55. The number of benzene rings is 2. The van der Waals surface area contributed by atoms with Gasteiger partial charge in [-0.25, -0.2) is 8.42 Å². The smallest absolute Gasteiger partial charge is 0.262 e. The van der Waals surface area contributed by atoms with E-state index in [0.717, 1.165) is 30.6 Å². The van der Waals surface area contributed by atoms with E-state index in [1.54, 1.807) is 38.3 Å². The van der Waals surface area contributed by atoms with Crippen LogP contribution in [0.5, 0.6) is 5.75 Å². The minimum Gasteiger partial charge on any atom is -0.496 e. The summed E-state index contributed by atoms with van der Waals surface area (Å²) >= 11 is 0. The molecule has 0 unspecified atom stereocenters. The van der Waals surface area contributed by atoms with Crippen LogP contribution in [0.15, 0.2) is 41.3 Å². The quantitative estimate of drug-likeness (QED) is 0.686. The van der Waals surface area contributed by atoms with Gasteiger partial charge in [0, 0.05) is 17.9 Å². The topological polar surface area (TPSA) is 67.4 Å². The molecule has 0 aliphatic heterocycles. The lowest BCUT2D eigenvalue weighted by molar-refractivity contribution is 0.411. The lowest BCUT2D eigenvalue weighted by Crippen LogP contribution is -2.14. The van der Waals surface area contributed by atoms with Crippen LogP contribution in [0.4, 0.5) is 11.4 Å². The fraction of sp³-hybridized carbons (Fsp3) is 0.368. The van der Waals surface area contributed by atoms with Crippen LogP contribution < -0.4 is 14.8 Å². The van der Waals surface area contributed by atoms with Gasteiger partial charge in [0.25, 0.3) is 10.0 Å². The van der Waals surface area contributed by atoms with Crippen LogP contribution in [0.3, 0.4) is 0 Å². The van der Waals surface area contributed by atoms with Crippen LogP contribution in [0, 0.1) is 13.8 Å². The number of nitrogens with one attached hydrogen (secondary N) is 2. The molecule has 0 bridgehead atoms. The van der Waals surface area contributed by atoms with E-state index in [1.165, 1.54) is 0 Å². The number of anilines is 2. The highest BCUT2D eigenvalue weighted by Crippen LogP contribution is 2.27. The van der Waals surface area contributed by atoms with Crippen molar-refractivity contribution in [1.82, 2.24) is 0 Å². The normalized spacial score (nSPS) is 11.2. The molecule has 0 fully saturated rings. The second-order valence-electron chi connectivity index (χ2n) is 6.05. The van der Waals surface area contributed by atoms with Gasteiger partial charge in [-0.15, -0.1) is 0 Å². The lowest BCUT2D eigenvalue weighted by Gasteiger charge is -2.14. The number of unbranched alkanes of at least 4 members (excludes halogenated alkanes) is 1. The van der Waals surface area contributed by atoms with Crippen LogP contribution in [-0.2, 0) is 10.0 Å². The number of aryl methyl sites for hydroxylation is 2. The third-order valence-electron chi connectivity index (χ3n) is 3.98. The molecule has 2 rings (SSSR count). The van der Waals surface area contributed by atoms with E-state index < -0.39 is 10.0 Å². The minimum atomic E-state index is -3.65. The van der Waals surface area contributed by atoms with Gasteiger partial charge in [0.2, 0.25) is 0 Å². The molecule has 136 valence electrons. The highest BCUT2D eigenvalue weighted by atomic mass is 32.2. The highest BCUT2D eigenvalue weighted by Gasteiger charge is 2.19. The van der Waals surface area contributed by atoms with Crippen molar-refractivity contribution in [2.75, 3.05) is 23.7 Å². The van der Waals surface area contributed by atoms with Gasteiger partial charge in [-0.05, 0) is 67.8 Å². The standard InChI is InChI=1S/C19H26N2O3S/c1-5-6-11-20-16-7-9-17(10-8-16)21-25(22,23)19-13-14(2)18(24-4)12-15(19)3/h7-10,12-13,20-21H,5-6,11H2,1-4H3. The SMILES string of the molecule is CCCCNc1ccc(NS(=O)(=O)c2cc(C)c(OC)cc2C)cc1. The molecule has 0 heterocycles. The molecule has 5 nitrogen and oxygen atoms in total. The van der Waals surface area contributed by atoms with Gasteiger partial charge in [0.15, 0.2) is 0 Å². The van der Waals surface area contributed by atoms with Gasteiger partial charge < -0.3 is 10.1 Å². The number of hydrogen-bond donors (Lipinski definition) is 2. The Morgan fingerprint density at radius 2 is 1.64 bits per heavy atom. The van der Waals surface area contributed by atoms with Crippen LogP contribution >= 0.6 is 0 Å². The zero-order chi connectivity index (χ0) is 18.4. The monoisotopic (exact) mass is 362 g/mol. The Hall–Kier alpha value is -2.21. The third kappa shape index (κ3) is 4.89. The largest absolute Gasteiger partial charge is 0.496 e.